The first-order chi connectivity index (χ1) is 7.69. The molecule has 0 aliphatic rings. The maximum Gasteiger partial charge on any atom is 0.119 e. The van der Waals surface area contributed by atoms with Crippen LogP contribution in [0.15, 0.2) is 30.8 Å². The van der Waals surface area contributed by atoms with Gasteiger partial charge in [-0.3, -0.25) is 0 Å². The van der Waals surface area contributed by atoms with Crippen molar-refractivity contribution in [1.82, 2.24) is 5.32 Å². The van der Waals surface area contributed by atoms with Crippen LogP contribution in [0.2, 0.25) is 0 Å². The quantitative estimate of drug-likeness (QED) is 0.741. The fraction of sp³-hybridized carbons (Fsp3) is 0.429. The minimum atomic E-state index is 0.361. The van der Waals surface area contributed by atoms with Crippen LogP contribution in [0.1, 0.15) is 37.9 Å². The van der Waals surface area contributed by atoms with E-state index < -0.39 is 0 Å². The summed E-state index contributed by atoms with van der Waals surface area (Å²) in [4.78, 5) is 0. The number of hydrogen-bond donors (Lipinski definition) is 1. The summed E-state index contributed by atoms with van der Waals surface area (Å²) >= 11 is 0. The molecular formula is C14H21NO. The Balaban J connectivity index is 2.82. The van der Waals surface area contributed by atoms with Gasteiger partial charge in [-0.25, -0.2) is 0 Å². The Morgan fingerprint density at radius 1 is 1.44 bits per heavy atom. The predicted molar refractivity (Wildman–Crippen MR) is 69.2 cm³/mol. The van der Waals surface area contributed by atoms with Crippen LogP contribution < -0.4 is 5.32 Å². The van der Waals surface area contributed by atoms with Crippen molar-refractivity contribution < 1.29 is 4.74 Å². The molecule has 0 saturated heterocycles. The third-order valence-electron chi connectivity index (χ3n) is 2.54. The largest absolute Gasteiger partial charge is 0.494 e. The standard InChI is InChI=1S/C14H21NO/c1-5-15-11(3)13-8-7-9-14(10-13)12(4)16-6-2/h7-11,15H,4-6H2,1-3H3. The number of benzene rings is 1. The topological polar surface area (TPSA) is 21.3 Å². The van der Waals surface area contributed by atoms with E-state index in [0.717, 1.165) is 17.9 Å². The van der Waals surface area contributed by atoms with Crippen molar-refractivity contribution >= 4 is 5.76 Å². The minimum Gasteiger partial charge on any atom is -0.494 e. The van der Waals surface area contributed by atoms with Crippen molar-refractivity contribution in [3.63, 3.8) is 0 Å². The molecule has 0 aliphatic heterocycles. The summed E-state index contributed by atoms with van der Waals surface area (Å²) in [5.41, 5.74) is 2.32. The molecular weight excluding hydrogens is 198 g/mol. The van der Waals surface area contributed by atoms with Crippen LogP contribution in [-0.2, 0) is 4.74 Å². The Morgan fingerprint density at radius 3 is 2.81 bits per heavy atom. The summed E-state index contributed by atoms with van der Waals surface area (Å²) in [6.07, 6.45) is 0. The summed E-state index contributed by atoms with van der Waals surface area (Å²) in [6, 6.07) is 8.68. The molecule has 1 unspecified atom stereocenters. The van der Waals surface area contributed by atoms with E-state index in [-0.39, 0.29) is 0 Å². The van der Waals surface area contributed by atoms with E-state index in [9.17, 15) is 0 Å². The van der Waals surface area contributed by atoms with Crippen molar-refractivity contribution in [3.05, 3.63) is 42.0 Å². The van der Waals surface area contributed by atoms with Gasteiger partial charge in [0.05, 0.1) is 6.61 Å². The highest BCUT2D eigenvalue weighted by Gasteiger charge is 2.06. The van der Waals surface area contributed by atoms with Crippen molar-refractivity contribution in [2.24, 2.45) is 0 Å². The summed E-state index contributed by atoms with van der Waals surface area (Å²) in [5, 5.41) is 3.39. The molecule has 2 heteroatoms. The lowest BCUT2D eigenvalue weighted by Gasteiger charge is -2.14. The van der Waals surface area contributed by atoms with Gasteiger partial charge in [0.1, 0.15) is 5.76 Å². The fourth-order valence-electron chi connectivity index (χ4n) is 1.66. The monoisotopic (exact) mass is 219 g/mol. The van der Waals surface area contributed by atoms with Crippen LogP contribution in [0.4, 0.5) is 0 Å². The Labute approximate surface area is 98.3 Å². The van der Waals surface area contributed by atoms with Crippen LogP contribution in [0.5, 0.6) is 0 Å². The Hall–Kier alpha value is -1.28. The van der Waals surface area contributed by atoms with Crippen LogP contribution in [0, 0.1) is 0 Å². The van der Waals surface area contributed by atoms with E-state index in [0.29, 0.717) is 12.6 Å². The summed E-state index contributed by atoms with van der Waals surface area (Å²) in [6.45, 7) is 11.8. The minimum absolute atomic E-state index is 0.361. The lowest BCUT2D eigenvalue weighted by atomic mass is 10.0. The average molecular weight is 219 g/mol. The Morgan fingerprint density at radius 2 is 2.19 bits per heavy atom. The molecule has 1 aromatic rings. The van der Waals surface area contributed by atoms with Crippen molar-refractivity contribution in [2.75, 3.05) is 13.2 Å². The average Bonchev–Trinajstić information content (AvgIpc) is 2.30. The molecule has 0 heterocycles. The zero-order valence-electron chi connectivity index (χ0n) is 10.4. The first-order valence-electron chi connectivity index (χ1n) is 5.84. The molecule has 0 bridgehead atoms. The van der Waals surface area contributed by atoms with Crippen LogP contribution in [0.25, 0.3) is 5.76 Å². The van der Waals surface area contributed by atoms with Gasteiger partial charge in [-0.2, -0.15) is 0 Å². The molecule has 0 saturated carbocycles. The number of nitrogens with one attached hydrogen (secondary N) is 1. The van der Waals surface area contributed by atoms with E-state index in [4.69, 9.17) is 4.74 Å². The van der Waals surface area contributed by atoms with Crippen molar-refractivity contribution in [1.29, 1.82) is 0 Å². The third kappa shape index (κ3) is 3.38. The van der Waals surface area contributed by atoms with Crippen molar-refractivity contribution in [2.45, 2.75) is 26.8 Å². The molecule has 88 valence electrons. The van der Waals surface area contributed by atoms with Gasteiger partial charge in [0.25, 0.3) is 0 Å². The SMILES string of the molecule is C=C(OCC)c1cccc(C(C)NCC)c1. The molecule has 2 nitrogen and oxygen atoms in total. The van der Waals surface area contributed by atoms with E-state index >= 15 is 0 Å². The fourth-order valence-corrected chi connectivity index (χ4v) is 1.66. The lowest BCUT2D eigenvalue weighted by Crippen LogP contribution is -2.17. The van der Waals surface area contributed by atoms with E-state index in [1.165, 1.54) is 5.56 Å². The lowest BCUT2D eigenvalue weighted by molar-refractivity contribution is 0.299. The van der Waals surface area contributed by atoms with Gasteiger partial charge in [0.15, 0.2) is 0 Å². The molecule has 0 radical (unpaired) electrons. The zero-order valence-corrected chi connectivity index (χ0v) is 10.4. The zero-order chi connectivity index (χ0) is 12.0. The smallest absolute Gasteiger partial charge is 0.119 e. The molecule has 1 rings (SSSR count). The molecule has 0 amide bonds. The first-order valence-corrected chi connectivity index (χ1v) is 5.84. The van der Waals surface area contributed by atoms with Gasteiger partial charge in [-0.05, 0) is 32.0 Å². The highest BCUT2D eigenvalue weighted by molar-refractivity contribution is 5.58. The molecule has 0 aliphatic carbocycles. The maximum absolute atomic E-state index is 5.41. The van der Waals surface area contributed by atoms with Gasteiger partial charge < -0.3 is 10.1 Å². The van der Waals surface area contributed by atoms with Gasteiger partial charge >= 0.3 is 0 Å². The predicted octanol–water partition coefficient (Wildman–Crippen LogP) is 3.36. The van der Waals surface area contributed by atoms with Crippen LogP contribution in [0.3, 0.4) is 0 Å². The summed E-state index contributed by atoms with van der Waals surface area (Å²) < 4.78 is 5.41. The number of ether oxygens (including phenoxy) is 1. The van der Waals surface area contributed by atoms with Crippen LogP contribution >= 0.6 is 0 Å². The second kappa shape index (κ2) is 6.33. The van der Waals surface area contributed by atoms with Gasteiger partial charge in [0, 0.05) is 11.6 Å². The van der Waals surface area contributed by atoms with Gasteiger partial charge in [0.2, 0.25) is 0 Å². The Bertz CT molecular complexity index is 346. The molecule has 0 spiro atoms. The van der Waals surface area contributed by atoms with E-state index in [2.05, 4.69) is 37.9 Å². The summed E-state index contributed by atoms with van der Waals surface area (Å²) in [7, 11) is 0. The normalized spacial score (nSPS) is 12.2. The third-order valence-corrected chi connectivity index (χ3v) is 2.54. The highest BCUT2D eigenvalue weighted by Crippen LogP contribution is 2.19. The molecule has 1 aromatic carbocycles. The molecule has 0 fully saturated rings. The van der Waals surface area contributed by atoms with Gasteiger partial charge in [-0.15, -0.1) is 0 Å². The molecule has 1 N–H and O–H groups in total. The second-order valence-electron chi connectivity index (χ2n) is 3.76. The van der Waals surface area contributed by atoms with Gasteiger partial charge in [-0.1, -0.05) is 31.7 Å². The number of rotatable bonds is 6. The second-order valence-corrected chi connectivity index (χ2v) is 3.76. The maximum atomic E-state index is 5.41. The van der Waals surface area contributed by atoms with Crippen LogP contribution in [-0.4, -0.2) is 13.2 Å². The molecule has 0 aromatic heterocycles. The highest BCUT2D eigenvalue weighted by atomic mass is 16.5. The summed E-state index contributed by atoms with van der Waals surface area (Å²) in [5.74, 6) is 0.744. The molecule has 1 atom stereocenters. The first kappa shape index (κ1) is 12.8. The Kier molecular flexibility index (Phi) is 5.06. The number of hydrogen-bond acceptors (Lipinski definition) is 2. The van der Waals surface area contributed by atoms with E-state index in [1.54, 1.807) is 0 Å². The molecule has 16 heavy (non-hydrogen) atoms. The van der Waals surface area contributed by atoms with E-state index in [1.807, 2.05) is 19.1 Å². The van der Waals surface area contributed by atoms with Crippen molar-refractivity contribution in [3.8, 4) is 0 Å².